The molecule has 1 aliphatic rings. The lowest BCUT2D eigenvalue weighted by molar-refractivity contribution is -0.125. The van der Waals surface area contributed by atoms with Gasteiger partial charge in [-0.1, -0.05) is 18.9 Å². The zero-order valence-electron chi connectivity index (χ0n) is 13.5. The summed E-state index contributed by atoms with van der Waals surface area (Å²) in [5.41, 5.74) is 0.934. The highest BCUT2D eigenvalue weighted by atomic mass is 16.5. The highest BCUT2D eigenvalue weighted by Gasteiger charge is 2.12. The van der Waals surface area contributed by atoms with Crippen molar-refractivity contribution in [2.45, 2.75) is 32.6 Å². The van der Waals surface area contributed by atoms with Crippen molar-refractivity contribution in [3.63, 3.8) is 0 Å². The SMILES string of the molecule is CCOc1ccc(/C=C/C(=O)N2CCCCCC2)cc1OC. The lowest BCUT2D eigenvalue weighted by Gasteiger charge is -2.18. The molecular formula is C18H25NO3. The summed E-state index contributed by atoms with van der Waals surface area (Å²) in [7, 11) is 1.62. The smallest absolute Gasteiger partial charge is 0.246 e. The van der Waals surface area contributed by atoms with Gasteiger partial charge in [0.05, 0.1) is 13.7 Å². The number of likely N-dealkylation sites (tertiary alicyclic amines) is 1. The van der Waals surface area contributed by atoms with E-state index < -0.39 is 0 Å². The van der Waals surface area contributed by atoms with Crippen molar-refractivity contribution in [2.24, 2.45) is 0 Å². The van der Waals surface area contributed by atoms with Crippen LogP contribution in [0.15, 0.2) is 24.3 Å². The molecule has 1 fully saturated rings. The molecule has 0 spiro atoms. The van der Waals surface area contributed by atoms with Gasteiger partial charge in [0, 0.05) is 19.2 Å². The summed E-state index contributed by atoms with van der Waals surface area (Å²) < 4.78 is 10.8. The van der Waals surface area contributed by atoms with Crippen LogP contribution in [0.4, 0.5) is 0 Å². The molecule has 4 heteroatoms. The van der Waals surface area contributed by atoms with Gasteiger partial charge in [0.2, 0.25) is 5.91 Å². The third kappa shape index (κ3) is 4.52. The Bertz CT molecular complexity index is 517. The molecule has 1 aliphatic heterocycles. The maximum Gasteiger partial charge on any atom is 0.246 e. The standard InChI is InChI=1S/C18H25NO3/c1-3-22-16-10-8-15(14-17(16)21-2)9-11-18(20)19-12-6-4-5-7-13-19/h8-11,14H,3-7,12-13H2,1-2H3/b11-9+. The van der Waals surface area contributed by atoms with Gasteiger partial charge in [-0.2, -0.15) is 0 Å². The molecule has 1 aromatic rings. The Labute approximate surface area is 132 Å². The second-order valence-corrected chi connectivity index (χ2v) is 5.42. The number of hydrogen-bond donors (Lipinski definition) is 0. The molecule has 1 heterocycles. The monoisotopic (exact) mass is 303 g/mol. The van der Waals surface area contributed by atoms with E-state index in [-0.39, 0.29) is 5.91 Å². The summed E-state index contributed by atoms with van der Waals surface area (Å²) in [4.78, 5) is 14.2. The van der Waals surface area contributed by atoms with Crippen LogP contribution in [0.5, 0.6) is 11.5 Å². The van der Waals surface area contributed by atoms with Gasteiger partial charge < -0.3 is 14.4 Å². The van der Waals surface area contributed by atoms with Crippen molar-refractivity contribution in [1.29, 1.82) is 0 Å². The van der Waals surface area contributed by atoms with E-state index in [9.17, 15) is 4.79 Å². The van der Waals surface area contributed by atoms with Crippen LogP contribution in [0.25, 0.3) is 6.08 Å². The molecule has 0 radical (unpaired) electrons. The number of carbonyl (C=O) groups excluding carboxylic acids is 1. The van der Waals surface area contributed by atoms with Crippen molar-refractivity contribution in [2.75, 3.05) is 26.8 Å². The number of ether oxygens (including phenoxy) is 2. The van der Waals surface area contributed by atoms with Gasteiger partial charge >= 0.3 is 0 Å². The fourth-order valence-electron chi connectivity index (χ4n) is 2.63. The van der Waals surface area contributed by atoms with Crippen LogP contribution in [-0.4, -0.2) is 37.6 Å². The predicted octanol–water partition coefficient (Wildman–Crippen LogP) is 3.51. The predicted molar refractivity (Wildman–Crippen MR) is 88.2 cm³/mol. The lowest BCUT2D eigenvalue weighted by Crippen LogP contribution is -2.30. The van der Waals surface area contributed by atoms with Crippen LogP contribution in [0.2, 0.25) is 0 Å². The second-order valence-electron chi connectivity index (χ2n) is 5.42. The number of rotatable bonds is 5. The Morgan fingerprint density at radius 1 is 1.18 bits per heavy atom. The van der Waals surface area contributed by atoms with Gasteiger partial charge in [-0.15, -0.1) is 0 Å². The number of methoxy groups -OCH3 is 1. The van der Waals surface area contributed by atoms with Crippen LogP contribution in [0.1, 0.15) is 38.2 Å². The number of nitrogens with zero attached hydrogens (tertiary/aromatic N) is 1. The third-order valence-electron chi connectivity index (χ3n) is 3.82. The molecule has 0 saturated carbocycles. The topological polar surface area (TPSA) is 38.8 Å². The van der Waals surface area contributed by atoms with Gasteiger partial charge in [-0.25, -0.2) is 0 Å². The van der Waals surface area contributed by atoms with Crippen molar-refractivity contribution in [3.05, 3.63) is 29.8 Å². The Morgan fingerprint density at radius 2 is 1.91 bits per heavy atom. The molecule has 0 aliphatic carbocycles. The molecule has 0 N–H and O–H groups in total. The molecule has 120 valence electrons. The summed E-state index contributed by atoms with van der Waals surface area (Å²) in [5.74, 6) is 1.50. The van der Waals surface area contributed by atoms with E-state index in [0.29, 0.717) is 12.4 Å². The quantitative estimate of drug-likeness (QED) is 0.781. The van der Waals surface area contributed by atoms with Crippen LogP contribution >= 0.6 is 0 Å². The Balaban J connectivity index is 2.03. The molecule has 22 heavy (non-hydrogen) atoms. The first-order valence-corrected chi connectivity index (χ1v) is 8.02. The van der Waals surface area contributed by atoms with E-state index in [2.05, 4.69) is 0 Å². The lowest BCUT2D eigenvalue weighted by atomic mass is 10.2. The molecule has 0 unspecified atom stereocenters. The number of amides is 1. The number of benzene rings is 1. The van der Waals surface area contributed by atoms with E-state index in [4.69, 9.17) is 9.47 Å². The van der Waals surface area contributed by atoms with Crippen molar-refractivity contribution >= 4 is 12.0 Å². The van der Waals surface area contributed by atoms with Gasteiger partial charge in [0.1, 0.15) is 0 Å². The summed E-state index contributed by atoms with van der Waals surface area (Å²) in [5, 5.41) is 0. The second kappa shape index (κ2) is 8.47. The normalized spacial score (nSPS) is 15.6. The van der Waals surface area contributed by atoms with E-state index in [1.807, 2.05) is 36.1 Å². The van der Waals surface area contributed by atoms with Crippen molar-refractivity contribution in [1.82, 2.24) is 4.90 Å². The molecule has 1 amide bonds. The molecular weight excluding hydrogens is 278 g/mol. The summed E-state index contributed by atoms with van der Waals surface area (Å²) in [6.07, 6.45) is 8.16. The Hall–Kier alpha value is -1.97. The van der Waals surface area contributed by atoms with E-state index in [0.717, 1.165) is 37.2 Å². The Morgan fingerprint density at radius 3 is 2.55 bits per heavy atom. The molecule has 4 nitrogen and oxygen atoms in total. The zero-order valence-corrected chi connectivity index (χ0v) is 13.5. The number of carbonyl (C=O) groups is 1. The third-order valence-corrected chi connectivity index (χ3v) is 3.82. The van der Waals surface area contributed by atoms with E-state index >= 15 is 0 Å². The largest absolute Gasteiger partial charge is 0.493 e. The van der Waals surface area contributed by atoms with Gasteiger partial charge in [0.25, 0.3) is 0 Å². The maximum atomic E-state index is 12.2. The maximum absolute atomic E-state index is 12.2. The summed E-state index contributed by atoms with van der Waals surface area (Å²) in [6, 6.07) is 5.69. The molecule has 2 rings (SSSR count). The van der Waals surface area contributed by atoms with Crippen LogP contribution in [0, 0.1) is 0 Å². The van der Waals surface area contributed by atoms with Crippen LogP contribution in [-0.2, 0) is 4.79 Å². The van der Waals surface area contributed by atoms with Gasteiger partial charge in [-0.05, 0) is 43.5 Å². The molecule has 0 atom stereocenters. The first-order valence-electron chi connectivity index (χ1n) is 8.02. The van der Waals surface area contributed by atoms with E-state index in [1.165, 1.54) is 12.8 Å². The van der Waals surface area contributed by atoms with Crippen LogP contribution in [0.3, 0.4) is 0 Å². The number of hydrogen-bond acceptors (Lipinski definition) is 3. The van der Waals surface area contributed by atoms with E-state index in [1.54, 1.807) is 13.2 Å². The highest BCUT2D eigenvalue weighted by Crippen LogP contribution is 2.28. The van der Waals surface area contributed by atoms with Gasteiger partial charge in [0.15, 0.2) is 11.5 Å². The fraction of sp³-hybridized carbons (Fsp3) is 0.500. The van der Waals surface area contributed by atoms with Gasteiger partial charge in [-0.3, -0.25) is 4.79 Å². The summed E-state index contributed by atoms with van der Waals surface area (Å²) in [6.45, 7) is 4.28. The average Bonchev–Trinajstić information content (AvgIpc) is 2.83. The minimum Gasteiger partial charge on any atom is -0.493 e. The molecule has 0 aromatic heterocycles. The minimum absolute atomic E-state index is 0.0924. The van der Waals surface area contributed by atoms with Crippen LogP contribution < -0.4 is 9.47 Å². The Kier molecular flexibility index (Phi) is 6.31. The van der Waals surface area contributed by atoms with Crippen molar-refractivity contribution in [3.8, 4) is 11.5 Å². The first kappa shape index (κ1) is 16.4. The molecule has 1 aromatic carbocycles. The zero-order chi connectivity index (χ0) is 15.8. The first-order chi connectivity index (χ1) is 10.7. The highest BCUT2D eigenvalue weighted by molar-refractivity contribution is 5.91. The fourth-order valence-corrected chi connectivity index (χ4v) is 2.63. The summed E-state index contributed by atoms with van der Waals surface area (Å²) >= 11 is 0. The molecule has 1 saturated heterocycles. The molecule has 0 bridgehead atoms. The van der Waals surface area contributed by atoms with Crippen molar-refractivity contribution < 1.29 is 14.3 Å². The average molecular weight is 303 g/mol. The minimum atomic E-state index is 0.0924.